The number of carbonyl (C=O) groups is 2. The van der Waals surface area contributed by atoms with Gasteiger partial charge in [-0.05, 0) is 0 Å². The van der Waals surface area contributed by atoms with Gasteiger partial charge in [-0.1, -0.05) is 0 Å². The molecule has 0 aromatic heterocycles. The highest BCUT2D eigenvalue weighted by Gasteiger charge is 2.61. The van der Waals surface area contributed by atoms with E-state index in [1.54, 1.807) is 0 Å². The van der Waals surface area contributed by atoms with Gasteiger partial charge in [0.1, 0.15) is 24.4 Å². The first-order valence-corrected chi connectivity index (χ1v) is 6.27. The third-order valence-electron chi connectivity index (χ3n) is 3.34. The van der Waals surface area contributed by atoms with E-state index in [2.05, 4.69) is 0 Å². The Morgan fingerprint density at radius 1 is 1.36 bits per heavy atom. The van der Waals surface area contributed by atoms with Gasteiger partial charge in [0, 0.05) is 13.3 Å². The Balaban J connectivity index is 3.24. The molecule has 22 heavy (non-hydrogen) atoms. The fraction of sp³-hybridized carbons (Fsp3) is 0.818. The molecule has 11 nitrogen and oxygen atoms in total. The number of carbonyl (C=O) groups excluding carboxylic acids is 1. The van der Waals surface area contributed by atoms with Crippen LogP contribution in [0.15, 0.2) is 0 Å². The quantitative estimate of drug-likeness (QED) is 0.228. The average Bonchev–Trinajstić information content (AvgIpc) is 2.40. The second-order valence-electron chi connectivity index (χ2n) is 5.09. The molecule has 0 radical (unpaired) electrons. The summed E-state index contributed by atoms with van der Waals surface area (Å²) in [4.78, 5) is 22.2. The molecule has 0 aliphatic carbocycles. The number of hydrogen-bond acceptors (Lipinski definition) is 9. The largest absolute Gasteiger partial charge is 0.477 e. The summed E-state index contributed by atoms with van der Waals surface area (Å²) in [6.07, 6.45) is -9.21. The number of aliphatic hydroxyl groups is 6. The molecule has 6 atom stereocenters. The summed E-state index contributed by atoms with van der Waals surface area (Å²) in [5.41, 5.74) is -2.69. The Morgan fingerprint density at radius 3 is 2.32 bits per heavy atom. The molecule has 1 saturated heterocycles. The Hall–Kier alpha value is -1.34. The zero-order valence-electron chi connectivity index (χ0n) is 11.6. The van der Waals surface area contributed by atoms with Crippen LogP contribution >= 0.6 is 0 Å². The molecule has 0 bridgehead atoms. The summed E-state index contributed by atoms with van der Waals surface area (Å²) in [5, 5.41) is 68.9. The molecular formula is C11H19NO10. The Labute approximate surface area is 124 Å². The van der Waals surface area contributed by atoms with Gasteiger partial charge in [-0.15, -0.1) is 0 Å². The van der Waals surface area contributed by atoms with E-state index < -0.39 is 60.8 Å². The molecule has 1 fully saturated rings. The van der Waals surface area contributed by atoms with E-state index in [4.69, 9.17) is 14.9 Å². The third-order valence-corrected chi connectivity index (χ3v) is 3.34. The lowest BCUT2D eigenvalue weighted by molar-refractivity contribution is -0.344. The number of aliphatic carboxylic acids is 1. The van der Waals surface area contributed by atoms with E-state index in [-0.39, 0.29) is 0 Å². The smallest absolute Gasteiger partial charge is 0.364 e. The van der Waals surface area contributed by atoms with Gasteiger partial charge in [-0.3, -0.25) is 4.79 Å². The van der Waals surface area contributed by atoms with E-state index in [0.29, 0.717) is 0 Å². The molecule has 0 saturated carbocycles. The number of nitrogens with one attached hydrogen (secondary N) is 1. The van der Waals surface area contributed by atoms with Gasteiger partial charge in [-0.25, -0.2) is 4.79 Å². The zero-order chi connectivity index (χ0) is 17.3. The maximum atomic E-state index is 11.2. The molecule has 128 valence electrons. The number of carboxylic acids is 1. The lowest BCUT2D eigenvalue weighted by Gasteiger charge is -2.49. The van der Waals surface area contributed by atoms with Crippen molar-refractivity contribution in [1.29, 1.82) is 0 Å². The topological polar surface area (TPSA) is 197 Å². The standard InChI is InChI=1S/C11H19NO10/c1-4(14)12-11(21)6(16)2-10(20,9(18)19)22-8(11)7(17)5(15)3-13/h5-8,13,15-17,20-21H,2-3H2,1H3,(H,12,14)(H,18,19)/t5-,6?,7-,8?,10-,11+/m0/s1. The summed E-state index contributed by atoms with van der Waals surface area (Å²) < 4.78 is 4.72. The van der Waals surface area contributed by atoms with Crippen LogP contribution in [0.5, 0.6) is 0 Å². The Morgan fingerprint density at radius 2 is 1.91 bits per heavy atom. The van der Waals surface area contributed by atoms with Crippen LogP contribution in [0.2, 0.25) is 0 Å². The summed E-state index contributed by atoms with van der Waals surface area (Å²) in [6, 6.07) is 0. The highest BCUT2D eigenvalue weighted by molar-refractivity contribution is 5.76. The van der Waals surface area contributed by atoms with E-state index in [0.717, 1.165) is 6.92 Å². The average molecular weight is 325 g/mol. The molecular weight excluding hydrogens is 306 g/mol. The molecule has 2 unspecified atom stereocenters. The van der Waals surface area contributed by atoms with Crippen molar-refractivity contribution in [1.82, 2.24) is 5.32 Å². The second-order valence-corrected chi connectivity index (χ2v) is 5.09. The van der Waals surface area contributed by atoms with E-state index in [9.17, 15) is 35.1 Å². The van der Waals surface area contributed by atoms with Crippen molar-refractivity contribution in [2.24, 2.45) is 0 Å². The van der Waals surface area contributed by atoms with Crippen LogP contribution in [0.4, 0.5) is 0 Å². The lowest BCUT2D eigenvalue weighted by Crippen LogP contribution is -2.75. The minimum Gasteiger partial charge on any atom is -0.477 e. The molecule has 1 aliphatic rings. The molecule has 0 spiro atoms. The van der Waals surface area contributed by atoms with Gasteiger partial charge in [-0.2, -0.15) is 0 Å². The van der Waals surface area contributed by atoms with Gasteiger partial charge < -0.3 is 45.8 Å². The van der Waals surface area contributed by atoms with Crippen LogP contribution in [0, 0.1) is 0 Å². The molecule has 0 aromatic rings. The number of ether oxygens (including phenoxy) is 1. The molecule has 8 N–H and O–H groups in total. The van der Waals surface area contributed by atoms with Crippen LogP contribution in [-0.4, -0.2) is 90.2 Å². The number of aliphatic hydroxyl groups excluding tert-OH is 4. The summed E-state index contributed by atoms with van der Waals surface area (Å²) in [5.74, 6) is -5.74. The maximum Gasteiger partial charge on any atom is 0.364 e. The van der Waals surface area contributed by atoms with Crippen molar-refractivity contribution in [3.8, 4) is 0 Å². The molecule has 1 amide bonds. The number of amides is 1. The first-order chi connectivity index (χ1) is 9.97. The zero-order valence-corrected chi connectivity index (χ0v) is 11.6. The maximum absolute atomic E-state index is 11.2. The van der Waals surface area contributed by atoms with Gasteiger partial charge >= 0.3 is 5.97 Å². The predicted molar refractivity (Wildman–Crippen MR) is 65.9 cm³/mol. The van der Waals surface area contributed by atoms with Crippen molar-refractivity contribution in [3.05, 3.63) is 0 Å². The monoisotopic (exact) mass is 325 g/mol. The van der Waals surface area contributed by atoms with Crippen LogP contribution in [0.3, 0.4) is 0 Å². The fourth-order valence-corrected chi connectivity index (χ4v) is 2.17. The lowest BCUT2D eigenvalue weighted by atomic mass is 9.85. The van der Waals surface area contributed by atoms with Crippen LogP contribution in [-0.2, 0) is 14.3 Å². The van der Waals surface area contributed by atoms with Crippen molar-refractivity contribution in [2.45, 2.75) is 49.3 Å². The van der Waals surface area contributed by atoms with Crippen molar-refractivity contribution >= 4 is 11.9 Å². The number of hydrogen-bond donors (Lipinski definition) is 8. The number of rotatable bonds is 5. The van der Waals surface area contributed by atoms with Gasteiger partial charge in [0.25, 0.3) is 5.79 Å². The Kier molecular flexibility index (Phi) is 5.46. The van der Waals surface area contributed by atoms with Crippen molar-refractivity contribution < 1.29 is 50.1 Å². The van der Waals surface area contributed by atoms with Gasteiger partial charge in [0.2, 0.25) is 5.91 Å². The second kappa shape index (κ2) is 6.42. The number of carboxylic acid groups (broad SMARTS) is 1. The molecule has 1 rings (SSSR count). The minimum atomic E-state index is -2.97. The first kappa shape index (κ1) is 18.7. The van der Waals surface area contributed by atoms with E-state index in [1.807, 2.05) is 5.32 Å². The SMILES string of the molecule is CC(=O)N[C@@]1(O)C(O)C[C@@](O)(C(=O)O)OC1[C@@H](O)[C@@H](O)CO. The fourth-order valence-electron chi connectivity index (χ4n) is 2.17. The van der Waals surface area contributed by atoms with Crippen LogP contribution in [0.25, 0.3) is 0 Å². The Bertz CT molecular complexity index is 445. The van der Waals surface area contributed by atoms with E-state index >= 15 is 0 Å². The van der Waals surface area contributed by atoms with E-state index in [1.165, 1.54) is 0 Å². The van der Waals surface area contributed by atoms with Gasteiger partial charge in [0.15, 0.2) is 5.72 Å². The van der Waals surface area contributed by atoms with Gasteiger partial charge in [0.05, 0.1) is 6.61 Å². The van der Waals surface area contributed by atoms with Crippen molar-refractivity contribution in [2.75, 3.05) is 6.61 Å². The molecule has 1 heterocycles. The molecule has 0 aromatic carbocycles. The highest BCUT2D eigenvalue weighted by atomic mass is 16.7. The highest BCUT2D eigenvalue weighted by Crippen LogP contribution is 2.35. The minimum absolute atomic E-state index is 0.860. The van der Waals surface area contributed by atoms with Crippen LogP contribution in [0.1, 0.15) is 13.3 Å². The predicted octanol–water partition coefficient (Wildman–Crippen LogP) is -4.55. The summed E-state index contributed by atoms with van der Waals surface area (Å²) in [7, 11) is 0. The van der Waals surface area contributed by atoms with Crippen molar-refractivity contribution in [3.63, 3.8) is 0 Å². The summed E-state index contributed by atoms with van der Waals surface area (Å²) >= 11 is 0. The first-order valence-electron chi connectivity index (χ1n) is 6.27. The normalized spacial score (nSPS) is 38.1. The molecule has 1 aliphatic heterocycles. The summed E-state index contributed by atoms with van der Waals surface area (Å²) in [6.45, 7) is -0.0205. The molecule has 11 heteroatoms. The third kappa shape index (κ3) is 3.35. The van der Waals surface area contributed by atoms with Crippen LogP contribution < -0.4 is 5.32 Å².